The number of amides is 1. The number of nitrogens with one attached hydrogen (secondary N) is 1. The second-order valence-corrected chi connectivity index (χ2v) is 6.46. The maximum atomic E-state index is 12.1. The summed E-state index contributed by atoms with van der Waals surface area (Å²) in [5.41, 5.74) is 1.85. The van der Waals surface area contributed by atoms with E-state index in [1.165, 1.54) is 0 Å². The van der Waals surface area contributed by atoms with E-state index in [9.17, 15) is 4.79 Å². The van der Waals surface area contributed by atoms with E-state index >= 15 is 0 Å². The summed E-state index contributed by atoms with van der Waals surface area (Å²) in [7, 11) is 0. The number of morpholine rings is 1. The molecule has 0 aliphatic carbocycles. The number of nitrogens with zero attached hydrogens (tertiary/aromatic N) is 3. The summed E-state index contributed by atoms with van der Waals surface area (Å²) < 4.78 is 5.38. The van der Waals surface area contributed by atoms with Gasteiger partial charge in [0.05, 0.1) is 30.3 Å². The van der Waals surface area contributed by atoms with Crippen molar-refractivity contribution >= 4 is 23.1 Å². The Bertz CT molecular complexity index is 668. The first-order valence-corrected chi connectivity index (χ1v) is 8.54. The maximum Gasteiger partial charge on any atom is 0.226 e. The van der Waals surface area contributed by atoms with Crippen molar-refractivity contribution in [1.82, 2.24) is 15.3 Å². The van der Waals surface area contributed by atoms with Crippen molar-refractivity contribution in [3.05, 3.63) is 40.0 Å². The fraction of sp³-hybridized carbons (Fsp3) is 0.438. The zero-order valence-corrected chi connectivity index (χ0v) is 13.9. The van der Waals surface area contributed by atoms with Crippen LogP contribution < -0.4 is 10.2 Å². The molecule has 1 saturated heterocycles. The molecular weight excluding hydrogens is 312 g/mol. The summed E-state index contributed by atoms with van der Waals surface area (Å²) in [6.45, 7) is 5.50. The Balaban J connectivity index is 1.60. The molecular formula is C16H20N4O2S. The molecule has 3 heterocycles. The van der Waals surface area contributed by atoms with Crippen molar-refractivity contribution in [2.45, 2.75) is 19.9 Å². The Morgan fingerprint density at radius 2 is 2.26 bits per heavy atom. The zero-order valence-electron chi connectivity index (χ0n) is 13.1. The summed E-state index contributed by atoms with van der Waals surface area (Å²) in [6.07, 6.45) is 2.10. The van der Waals surface area contributed by atoms with E-state index in [1.54, 1.807) is 17.5 Å². The summed E-state index contributed by atoms with van der Waals surface area (Å²) in [4.78, 5) is 23.1. The van der Waals surface area contributed by atoms with Gasteiger partial charge in [-0.15, -0.1) is 11.3 Å². The Hall–Kier alpha value is -1.99. The molecule has 2 aromatic rings. The smallest absolute Gasteiger partial charge is 0.226 e. The largest absolute Gasteiger partial charge is 0.378 e. The van der Waals surface area contributed by atoms with Gasteiger partial charge in [0.1, 0.15) is 5.82 Å². The second-order valence-electron chi connectivity index (χ2n) is 5.40. The number of carbonyl (C=O) groups is 1. The van der Waals surface area contributed by atoms with Gasteiger partial charge in [-0.05, 0) is 13.0 Å². The lowest BCUT2D eigenvalue weighted by atomic mass is 10.2. The van der Waals surface area contributed by atoms with Gasteiger partial charge in [0.2, 0.25) is 5.91 Å². The van der Waals surface area contributed by atoms with E-state index < -0.39 is 0 Å². The van der Waals surface area contributed by atoms with Gasteiger partial charge in [0.25, 0.3) is 0 Å². The molecule has 0 bridgehead atoms. The minimum atomic E-state index is -0.0212. The number of pyridine rings is 1. The average Bonchev–Trinajstić information content (AvgIpc) is 2.99. The molecule has 2 aromatic heterocycles. The van der Waals surface area contributed by atoms with Gasteiger partial charge >= 0.3 is 0 Å². The van der Waals surface area contributed by atoms with E-state index in [1.807, 2.05) is 24.4 Å². The van der Waals surface area contributed by atoms with Crippen LogP contribution in [0.2, 0.25) is 0 Å². The quantitative estimate of drug-likeness (QED) is 0.900. The highest BCUT2D eigenvalue weighted by molar-refractivity contribution is 7.09. The van der Waals surface area contributed by atoms with E-state index in [4.69, 9.17) is 4.74 Å². The fourth-order valence-electron chi connectivity index (χ4n) is 2.54. The van der Waals surface area contributed by atoms with Crippen LogP contribution in [-0.4, -0.2) is 42.2 Å². The third kappa shape index (κ3) is 4.27. The Labute approximate surface area is 139 Å². The number of rotatable bonds is 5. The Morgan fingerprint density at radius 1 is 1.43 bits per heavy atom. The minimum absolute atomic E-state index is 0.0212. The lowest BCUT2D eigenvalue weighted by molar-refractivity contribution is -0.120. The first-order valence-electron chi connectivity index (χ1n) is 7.66. The number of ether oxygens (including phenoxy) is 1. The third-order valence-electron chi connectivity index (χ3n) is 3.66. The van der Waals surface area contributed by atoms with Crippen LogP contribution in [-0.2, 0) is 22.5 Å². The number of carbonyl (C=O) groups excluding carboxylic acids is 1. The molecule has 1 fully saturated rings. The SMILES string of the molecule is Cc1nc(CC(=O)NCc2cccnc2N2CCOCC2)cs1. The van der Waals surface area contributed by atoms with Gasteiger partial charge in [0.15, 0.2) is 0 Å². The van der Waals surface area contributed by atoms with Crippen molar-refractivity contribution in [2.75, 3.05) is 31.2 Å². The molecule has 1 aliphatic heterocycles. The lowest BCUT2D eigenvalue weighted by Gasteiger charge is -2.29. The molecule has 0 spiro atoms. The predicted molar refractivity (Wildman–Crippen MR) is 89.7 cm³/mol. The Morgan fingerprint density at radius 3 is 3.00 bits per heavy atom. The molecule has 7 heteroatoms. The molecule has 1 N–H and O–H groups in total. The Kier molecular flexibility index (Phi) is 5.19. The van der Waals surface area contributed by atoms with Gasteiger partial charge in [-0.2, -0.15) is 0 Å². The highest BCUT2D eigenvalue weighted by atomic mass is 32.1. The standard InChI is InChI=1S/C16H20N4O2S/c1-12-19-14(11-23-12)9-15(21)18-10-13-3-2-4-17-16(13)20-5-7-22-8-6-20/h2-4,11H,5-10H2,1H3,(H,18,21). The van der Waals surface area contributed by atoms with Crippen LogP contribution in [0, 0.1) is 6.92 Å². The highest BCUT2D eigenvalue weighted by Gasteiger charge is 2.16. The third-order valence-corrected chi connectivity index (χ3v) is 4.48. The maximum absolute atomic E-state index is 12.1. The van der Waals surface area contributed by atoms with Crippen molar-refractivity contribution in [3.63, 3.8) is 0 Å². The summed E-state index contributed by atoms with van der Waals surface area (Å²) >= 11 is 1.56. The number of aromatic nitrogens is 2. The van der Waals surface area contributed by atoms with Gasteiger partial charge in [0, 0.05) is 36.8 Å². The van der Waals surface area contributed by atoms with Crippen LogP contribution in [0.5, 0.6) is 0 Å². The highest BCUT2D eigenvalue weighted by Crippen LogP contribution is 2.18. The van der Waals surface area contributed by atoms with Crippen molar-refractivity contribution < 1.29 is 9.53 Å². The predicted octanol–water partition coefficient (Wildman–Crippen LogP) is 1.54. The lowest BCUT2D eigenvalue weighted by Crippen LogP contribution is -2.38. The first-order chi connectivity index (χ1) is 11.2. The zero-order chi connectivity index (χ0) is 16.1. The molecule has 1 amide bonds. The molecule has 122 valence electrons. The van der Waals surface area contributed by atoms with Gasteiger partial charge in [-0.25, -0.2) is 9.97 Å². The molecule has 23 heavy (non-hydrogen) atoms. The fourth-order valence-corrected chi connectivity index (χ4v) is 3.15. The van der Waals surface area contributed by atoms with E-state index in [2.05, 4.69) is 20.2 Å². The summed E-state index contributed by atoms with van der Waals surface area (Å²) in [6, 6.07) is 3.90. The molecule has 6 nitrogen and oxygen atoms in total. The number of anilines is 1. The van der Waals surface area contributed by atoms with Gasteiger partial charge in [-0.3, -0.25) is 4.79 Å². The molecule has 0 atom stereocenters. The average molecular weight is 332 g/mol. The molecule has 0 aromatic carbocycles. The molecule has 0 saturated carbocycles. The first kappa shape index (κ1) is 15.9. The van der Waals surface area contributed by atoms with Crippen LogP contribution in [0.1, 0.15) is 16.3 Å². The van der Waals surface area contributed by atoms with Crippen LogP contribution >= 0.6 is 11.3 Å². The van der Waals surface area contributed by atoms with Gasteiger partial charge in [-0.1, -0.05) is 6.07 Å². The minimum Gasteiger partial charge on any atom is -0.378 e. The molecule has 1 aliphatic rings. The molecule has 0 unspecified atom stereocenters. The van der Waals surface area contributed by atoms with Crippen LogP contribution in [0.15, 0.2) is 23.7 Å². The second kappa shape index (κ2) is 7.52. The normalized spacial score (nSPS) is 14.7. The van der Waals surface area contributed by atoms with E-state index in [-0.39, 0.29) is 5.91 Å². The van der Waals surface area contributed by atoms with E-state index in [0.29, 0.717) is 26.2 Å². The molecule has 3 rings (SSSR count). The number of aryl methyl sites for hydroxylation is 1. The summed E-state index contributed by atoms with van der Waals surface area (Å²) in [5.74, 6) is 0.910. The van der Waals surface area contributed by atoms with E-state index in [0.717, 1.165) is 35.2 Å². The van der Waals surface area contributed by atoms with Crippen LogP contribution in [0.25, 0.3) is 0 Å². The van der Waals surface area contributed by atoms with Crippen LogP contribution in [0.4, 0.5) is 5.82 Å². The van der Waals surface area contributed by atoms with Gasteiger partial charge < -0.3 is 15.0 Å². The molecule has 0 radical (unpaired) electrons. The number of hydrogen-bond acceptors (Lipinski definition) is 6. The van der Waals surface area contributed by atoms with Crippen molar-refractivity contribution in [3.8, 4) is 0 Å². The monoisotopic (exact) mass is 332 g/mol. The number of hydrogen-bond donors (Lipinski definition) is 1. The summed E-state index contributed by atoms with van der Waals surface area (Å²) in [5, 5.41) is 5.87. The van der Waals surface area contributed by atoms with Crippen molar-refractivity contribution in [2.24, 2.45) is 0 Å². The van der Waals surface area contributed by atoms with Crippen molar-refractivity contribution in [1.29, 1.82) is 0 Å². The topological polar surface area (TPSA) is 67.4 Å². The number of thiazole rings is 1. The van der Waals surface area contributed by atoms with Crippen LogP contribution in [0.3, 0.4) is 0 Å².